The van der Waals surface area contributed by atoms with Gasteiger partial charge in [0, 0.05) is 18.8 Å². The third kappa shape index (κ3) is 7.45. The number of hydrogen-bond acceptors (Lipinski definition) is 2. The molecule has 2 rings (SSSR count). The maximum absolute atomic E-state index is 5.88. The topological polar surface area (TPSA) is 18.5 Å². The standard InChI is InChI=1S/C25H37N3S/c1-18-12-19(2)16-23(15-18)17-28(11-9-8-10-27(6)7)25(29)26-24-21(4)13-20(3)14-22(24)5/h12-16H,8-11,17H2,1-7H3,(H,26,29). The van der Waals surface area contributed by atoms with Gasteiger partial charge in [-0.15, -0.1) is 0 Å². The van der Waals surface area contributed by atoms with E-state index < -0.39 is 0 Å². The van der Waals surface area contributed by atoms with Crippen LogP contribution >= 0.6 is 12.2 Å². The first-order valence-corrected chi connectivity index (χ1v) is 10.9. The second-order valence-electron chi connectivity index (χ2n) is 8.63. The van der Waals surface area contributed by atoms with Crippen molar-refractivity contribution >= 4 is 23.0 Å². The van der Waals surface area contributed by atoms with Crippen LogP contribution in [-0.4, -0.2) is 42.1 Å². The molecule has 0 amide bonds. The molecule has 0 aliphatic heterocycles. The number of hydrogen-bond donors (Lipinski definition) is 1. The first-order valence-electron chi connectivity index (χ1n) is 10.5. The second-order valence-corrected chi connectivity index (χ2v) is 9.02. The van der Waals surface area contributed by atoms with Crippen molar-refractivity contribution in [1.82, 2.24) is 9.80 Å². The fourth-order valence-corrected chi connectivity index (χ4v) is 4.18. The molecule has 3 nitrogen and oxygen atoms in total. The third-order valence-electron chi connectivity index (χ3n) is 5.13. The first kappa shape index (κ1) is 23.4. The molecule has 2 aromatic carbocycles. The van der Waals surface area contributed by atoms with E-state index in [0.29, 0.717) is 0 Å². The highest BCUT2D eigenvalue weighted by Crippen LogP contribution is 2.23. The van der Waals surface area contributed by atoms with E-state index in [1.54, 1.807) is 0 Å². The summed E-state index contributed by atoms with van der Waals surface area (Å²) in [7, 11) is 4.25. The molecule has 0 spiro atoms. The van der Waals surface area contributed by atoms with Crippen molar-refractivity contribution in [2.75, 3.05) is 32.5 Å². The van der Waals surface area contributed by atoms with Gasteiger partial charge in [-0.3, -0.25) is 0 Å². The van der Waals surface area contributed by atoms with Gasteiger partial charge in [0.15, 0.2) is 5.11 Å². The number of nitrogens with one attached hydrogen (secondary N) is 1. The maximum atomic E-state index is 5.88. The van der Waals surface area contributed by atoms with Crippen LogP contribution in [-0.2, 0) is 6.54 Å². The van der Waals surface area contributed by atoms with Crippen LogP contribution in [0.3, 0.4) is 0 Å². The minimum Gasteiger partial charge on any atom is -0.345 e. The summed E-state index contributed by atoms with van der Waals surface area (Å²) in [5, 5.41) is 4.36. The van der Waals surface area contributed by atoms with E-state index in [4.69, 9.17) is 12.2 Å². The highest BCUT2D eigenvalue weighted by atomic mass is 32.1. The Hall–Kier alpha value is -1.91. The van der Waals surface area contributed by atoms with Gasteiger partial charge in [-0.05, 0) is 97.0 Å². The first-order chi connectivity index (χ1) is 13.7. The van der Waals surface area contributed by atoms with Gasteiger partial charge in [0.2, 0.25) is 0 Å². The predicted molar refractivity (Wildman–Crippen MR) is 131 cm³/mol. The van der Waals surface area contributed by atoms with Crippen molar-refractivity contribution in [2.24, 2.45) is 0 Å². The minimum atomic E-state index is 0.809. The molecule has 0 saturated heterocycles. The van der Waals surface area contributed by atoms with E-state index in [1.165, 1.54) is 39.8 Å². The van der Waals surface area contributed by atoms with E-state index in [2.05, 4.69) is 94.2 Å². The molecule has 0 heterocycles. The Kier molecular flexibility index (Phi) is 8.66. The lowest BCUT2D eigenvalue weighted by molar-refractivity contribution is 0.359. The van der Waals surface area contributed by atoms with Gasteiger partial charge in [0.05, 0.1) is 0 Å². The molecule has 2 aromatic rings. The zero-order chi connectivity index (χ0) is 21.6. The zero-order valence-electron chi connectivity index (χ0n) is 19.2. The molecule has 0 aliphatic rings. The molecule has 1 N–H and O–H groups in total. The smallest absolute Gasteiger partial charge is 0.173 e. The number of nitrogens with zero attached hydrogens (tertiary/aromatic N) is 2. The summed E-state index contributed by atoms with van der Waals surface area (Å²) in [6, 6.07) is 11.2. The van der Waals surface area contributed by atoms with E-state index in [9.17, 15) is 0 Å². The van der Waals surface area contributed by atoms with E-state index in [1.807, 2.05) is 0 Å². The van der Waals surface area contributed by atoms with Gasteiger partial charge in [-0.2, -0.15) is 0 Å². The third-order valence-corrected chi connectivity index (χ3v) is 5.49. The predicted octanol–water partition coefficient (Wildman–Crippen LogP) is 5.77. The number of aryl methyl sites for hydroxylation is 5. The van der Waals surface area contributed by atoms with Crippen molar-refractivity contribution < 1.29 is 0 Å². The quantitative estimate of drug-likeness (QED) is 0.439. The largest absolute Gasteiger partial charge is 0.345 e. The Bertz CT molecular complexity index is 799. The lowest BCUT2D eigenvalue weighted by atomic mass is 10.1. The molecule has 0 fully saturated rings. The Morgan fingerprint density at radius 3 is 1.86 bits per heavy atom. The number of unbranched alkanes of at least 4 members (excludes halogenated alkanes) is 1. The summed E-state index contributed by atoms with van der Waals surface area (Å²) in [4.78, 5) is 4.56. The Labute approximate surface area is 183 Å². The maximum Gasteiger partial charge on any atom is 0.173 e. The number of rotatable bonds is 8. The molecule has 158 valence electrons. The molecular weight excluding hydrogens is 374 g/mol. The fraction of sp³-hybridized carbons (Fsp3) is 0.480. The van der Waals surface area contributed by atoms with E-state index >= 15 is 0 Å². The van der Waals surface area contributed by atoms with Gasteiger partial charge in [-0.25, -0.2) is 0 Å². The fourth-order valence-electron chi connectivity index (χ4n) is 3.93. The lowest BCUT2D eigenvalue weighted by Crippen LogP contribution is -2.35. The average molecular weight is 412 g/mol. The highest BCUT2D eigenvalue weighted by Gasteiger charge is 2.14. The summed E-state index contributed by atoms with van der Waals surface area (Å²) in [6.45, 7) is 13.7. The highest BCUT2D eigenvalue weighted by molar-refractivity contribution is 7.80. The average Bonchev–Trinajstić information content (AvgIpc) is 2.59. The van der Waals surface area contributed by atoms with Crippen LogP contribution < -0.4 is 5.32 Å². The van der Waals surface area contributed by atoms with Crippen molar-refractivity contribution in [3.63, 3.8) is 0 Å². The summed E-state index contributed by atoms with van der Waals surface area (Å²) < 4.78 is 0. The van der Waals surface area contributed by atoms with Crippen molar-refractivity contribution in [2.45, 2.75) is 54.0 Å². The van der Waals surface area contributed by atoms with Crippen LogP contribution in [0.5, 0.6) is 0 Å². The van der Waals surface area contributed by atoms with Crippen molar-refractivity contribution in [3.8, 4) is 0 Å². The van der Waals surface area contributed by atoms with E-state index in [0.717, 1.165) is 36.9 Å². The van der Waals surface area contributed by atoms with Crippen LogP contribution in [0.4, 0.5) is 5.69 Å². The summed E-state index contributed by atoms with van der Waals surface area (Å²) in [5.41, 5.74) is 8.82. The normalized spacial score (nSPS) is 11.0. The molecular formula is C25H37N3S. The van der Waals surface area contributed by atoms with Gasteiger partial charge in [0.25, 0.3) is 0 Å². The van der Waals surface area contributed by atoms with Crippen LogP contribution in [0, 0.1) is 34.6 Å². The van der Waals surface area contributed by atoms with Gasteiger partial charge >= 0.3 is 0 Å². The molecule has 0 unspecified atom stereocenters. The molecule has 0 aromatic heterocycles. The molecule has 4 heteroatoms. The van der Waals surface area contributed by atoms with Crippen LogP contribution in [0.1, 0.15) is 46.2 Å². The van der Waals surface area contributed by atoms with Crippen LogP contribution in [0.15, 0.2) is 30.3 Å². The Balaban J connectivity index is 2.17. The lowest BCUT2D eigenvalue weighted by Gasteiger charge is -2.28. The number of thiocarbonyl (C=S) groups is 1. The van der Waals surface area contributed by atoms with E-state index in [-0.39, 0.29) is 0 Å². The second kappa shape index (κ2) is 10.7. The number of anilines is 1. The van der Waals surface area contributed by atoms with Gasteiger partial charge < -0.3 is 15.1 Å². The molecule has 29 heavy (non-hydrogen) atoms. The van der Waals surface area contributed by atoms with Crippen LogP contribution in [0.2, 0.25) is 0 Å². The molecule has 0 bridgehead atoms. The molecule has 0 aliphatic carbocycles. The summed E-state index contributed by atoms with van der Waals surface area (Å²) in [6.07, 6.45) is 2.29. The minimum absolute atomic E-state index is 0.809. The molecule has 0 radical (unpaired) electrons. The summed E-state index contributed by atoms with van der Waals surface area (Å²) in [5.74, 6) is 0. The molecule has 0 atom stereocenters. The zero-order valence-corrected chi connectivity index (χ0v) is 20.0. The Morgan fingerprint density at radius 1 is 0.793 bits per heavy atom. The van der Waals surface area contributed by atoms with Crippen molar-refractivity contribution in [3.05, 3.63) is 63.7 Å². The monoisotopic (exact) mass is 411 g/mol. The summed E-state index contributed by atoms with van der Waals surface area (Å²) >= 11 is 5.88. The van der Waals surface area contributed by atoms with Gasteiger partial charge in [-0.1, -0.05) is 47.0 Å². The SMILES string of the molecule is Cc1cc(C)cc(CN(CCCCN(C)C)C(=S)Nc2c(C)cc(C)cc2C)c1. The van der Waals surface area contributed by atoms with Crippen molar-refractivity contribution in [1.29, 1.82) is 0 Å². The molecule has 0 saturated carbocycles. The van der Waals surface area contributed by atoms with Crippen LogP contribution in [0.25, 0.3) is 0 Å². The van der Waals surface area contributed by atoms with Gasteiger partial charge in [0.1, 0.15) is 0 Å². The Morgan fingerprint density at radius 2 is 1.31 bits per heavy atom. The number of benzene rings is 2.